The zero-order valence-electron chi connectivity index (χ0n) is 10.4. The summed E-state index contributed by atoms with van der Waals surface area (Å²) < 4.78 is 0. The SMILES string of the molecule is C=C(C)CN(CC)c1ccc([C@H](C)N)cn1. The average molecular weight is 219 g/mol. The summed E-state index contributed by atoms with van der Waals surface area (Å²) in [7, 11) is 0. The molecule has 0 unspecified atom stereocenters. The Morgan fingerprint density at radius 2 is 2.25 bits per heavy atom. The van der Waals surface area contributed by atoms with Crippen LogP contribution in [0.1, 0.15) is 32.4 Å². The van der Waals surface area contributed by atoms with Crippen LogP contribution in [0.15, 0.2) is 30.5 Å². The monoisotopic (exact) mass is 219 g/mol. The molecule has 2 N–H and O–H groups in total. The minimum Gasteiger partial charge on any atom is -0.353 e. The van der Waals surface area contributed by atoms with Gasteiger partial charge in [-0.3, -0.25) is 0 Å². The lowest BCUT2D eigenvalue weighted by Crippen LogP contribution is -2.25. The molecule has 3 heteroatoms. The van der Waals surface area contributed by atoms with Crippen molar-refractivity contribution in [2.24, 2.45) is 5.73 Å². The number of aromatic nitrogens is 1. The maximum atomic E-state index is 5.79. The first-order valence-corrected chi connectivity index (χ1v) is 5.65. The lowest BCUT2D eigenvalue weighted by atomic mass is 10.1. The van der Waals surface area contributed by atoms with Gasteiger partial charge in [-0.25, -0.2) is 4.98 Å². The molecule has 88 valence electrons. The van der Waals surface area contributed by atoms with E-state index >= 15 is 0 Å². The molecular weight excluding hydrogens is 198 g/mol. The van der Waals surface area contributed by atoms with E-state index in [1.165, 1.54) is 0 Å². The molecule has 0 aliphatic carbocycles. The van der Waals surface area contributed by atoms with Gasteiger partial charge in [-0.2, -0.15) is 0 Å². The first-order chi connectivity index (χ1) is 7.54. The van der Waals surface area contributed by atoms with Crippen LogP contribution in [0, 0.1) is 0 Å². The van der Waals surface area contributed by atoms with Gasteiger partial charge in [0.05, 0.1) is 0 Å². The van der Waals surface area contributed by atoms with E-state index in [1.807, 2.05) is 32.2 Å². The van der Waals surface area contributed by atoms with Gasteiger partial charge in [0, 0.05) is 25.3 Å². The van der Waals surface area contributed by atoms with Crippen LogP contribution in [0.4, 0.5) is 5.82 Å². The normalized spacial score (nSPS) is 12.2. The number of nitrogens with zero attached hydrogens (tertiary/aromatic N) is 2. The highest BCUT2D eigenvalue weighted by atomic mass is 15.2. The van der Waals surface area contributed by atoms with Crippen molar-refractivity contribution in [3.8, 4) is 0 Å². The summed E-state index contributed by atoms with van der Waals surface area (Å²) in [5.74, 6) is 0.981. The second-order valence-electron chi connectivity index (χ2n) is 4.21. The van der Waals surface area contributed by atoms with Gasteiger partial charge in [0.2, 0.25) is 0 Å². The highest BCUT2D eigenvalue weighted by molar-refractivity contribution is 5.41. The second kappa shape index (κ2) is 5.66. The minimum atomic E-state index is 0.0396. The molecular formula is C13H21N3. The molecule has 16 heavy (non-hydrogen) atoms. The van der Waals surface area contributed by atoms with Gasteiger partial charge in [0.1, 0.15) is 5.82 Å². The smallest absolute Gasteiger partial charge is 0.128 e. The van der Waals surface area contributed by atoms with Gasteiger partial charge < -0.3 is 10.6 Å². The van der Waals surface area contributed by atoms with Gasteiger partial charge in [0.15, 0.2) is 0 Å². The molecule has 1 rings (SSSR count). The molecule has 0 amide bonds. The van der Waals surface area contributed by atoms with Crippen molar-refractivity contribution in [1.29, 1.82) is 0 Å². The van der Waals surface area contributed by atoms with Gasteiger partial charge in [-0.1, -0.05) is 18.2 Å². The Hall–Kier alpha value is -1.35. The largest absolute Gasteiger partial charge is 0.353 e. The highest BCUT2D eigenvalue weighted by Crippen LogP contribution is 2.15. The van der Waals surface area contributed by atoms with E-state index in [4.69, 9.17) is 5.73 Å². The first-order valence-electron chi connectivity index (χ1n) is 5.65. The van der Waals surface area contributed by atoms with Crippen LogP contribution in [-0.4, -0.2) is 18.1 Å². The fraction of sp³-hybridized carbons (Fsp3) is 0.462. The number of hydrogen-bond acceptors (Lipinski definition) is 3. The van der Waals surface area contributed by atoms with Crippen molar-refractivity contribution >= 4 is 5.82 Å². The van der Waals surface area contributed by atoms with E-state index in [0.717, 1.165) is 30.0 Å². The number of pyridine rings is 1. The molecule has 0 saturated heterocycles. The predicted octanol–water partition coefficient (Wildman–Crippen LogP) is 2.50. The highest BCUT2D eigenvalue weighted by Gasteiger charge is 2.06. The Bertz CT molecular complexity index is 341. The van der Waals surface area contributed by atoms with E-state index < -0.39 is 0 Å². The Morgan fingerprint density at radius 3 is 2.62 bits per heavy atom. The molecule has 1 atom stereocenters. The van der Waals surface area contributed by atoms with E-state index in [9.17, 15) is 0 Å². The van der Waals surface area contributed by atoms with E-state index in [1.54, 1.807) is 0 Å². The third-order valence-corrected chi connectivity index (χ3v) is 2.46. The van der Waals surface area contributed by atoms with Crippen LogP contribution in [0.5, 0.6) is 0 Å². The summed E-state index contributed by atoms with van der Waals surface area (Å²) in [6.45, 7) is 11.8. The zero-order valence-corrected chi connectivity index (χ0v) is 10.4. The first kappa shape index (κ1) is 12.7. The lowest BCUT2D eigenvalue weighted by molar-refractivity contribution is 0.804. The summed E-state index contributed by atoms with van der Waals surface area (Å²) in [4.78, 5) is 6.62. The lowest BCUT2D eigenvalue weighted by Gasteiger charge is -2.22. The second-order valence-corrected chi connectivity index (χ2v) is 4.21. The fourth-order valence-electron chi connectivity index (χ4n) is 1.53. The third kappa shape index (κ3) is 3.35. The van der Waals surface area contributed by atoms with Crippen molar-refractivity contribution in [3.63, 3.8) is 0 Å². The standard InChI is InChI=1S/C13H21N3/c1-5-16(9-10(2)3)13-7-6-12(8-15-13)11(4)14/h6-8,11H,2,5,9,14H2,1,3-4H3/t11-/m0/s1. The average Bonchev–Trinajstić information content (AvgIpc) is 2.25. The van der Waals surface area contributed by atoms with E-state index in [-0.39, 0.29) is 6.04 Å². The maximum absolute atomic E-state index is 5.79. The van der Waals surface area contributed by atoms with Gasteiger partial charge in [0.25, 0.3) is 0 Å². The summed E-state index contributed by atoms with van der Waals surface area (Å²) >= 11 is 0. The predicted molar refractivity (Wildman–Crippen MR) is 69.5 cm³/mol. The van der Waals surface area contributed by atoms with Gasteiger partial charge in [-0.15, -0.1) is 0 Å². The van der Waals surface area contributed by atoms with Crippen LogP contribution in [0.2, 0.25) is 0 Å². The van der Waals surface area contributed by atoms with Crippen molar-refractivity contribution in [2.45, 2.75) is 26.8 Å². The van der Waals surface area contributed by atoms with Crippen LogP contribution in [0.3, 0.4) is 0 Å². The molecule has 0 aliphatic rings. The molecule has 0 saturated carbocycles. The molecule has 1 aromatic heterocycles. The molecule has 0 radical (unpaired) electrons. The molecule has 0 bridgehead atoms. The molecule has 0 spiro atoms. The molecule has 0 aromatic carbocycles. The minimum absolute atomic E-state index is 0.0396. The fourth-order valence-corrected chi connectivity index (χ4v) is 1.53. The Balaban J connectivity index is 2.82. The number of anilines is 1. The topological polar surface area (TPSA) is 42.1 Å². The van der Waals surface area contributed by atoms with Gasteiger partial charge in [-0.05, 0) is 32.4 Å². The number of likely N-dealkylation sites (N-methyl/N-ethyl adjacent to an activating group) is 1. The molecule has 1 aromatic rings. The Morgan fingerprint density at radius 1 is 1.56 bits per heavy atom. The van der Waals surface area contributed by atoms with Crippen LogP contribution >= 0.6 is 0 Å². The van der Waals surface area contributed by atoms with Crippen molar-refractivity contribution < 1.29 is 0 Å². The number of hydrogen-bond donors (Lipinski definition) is 1. The molecule has 0 aliphatic heterocycles. The summed E-state index contributed by atoms with van der Waals surface area (Å²) in [6, 6.07) is 4.09. The number of rotatable bonds is 5. The van der Waals surface area contributed by atoms with E-state index in [2.05, 4.69) is 23.4 Å². The zero-order chi connectivity index (χ0) is 12.1. The Labute approximate surface area is 98.0 Å². The molecule has 1 heterocycles. The van der Waals surface area contributed by atoms with Crippen molar-refractivity contribution in [3.05, 3.63) is 36.0 Å². The van der Waals surface area contributed by atoms with E-state index in [0.29, 0.717) is 0 Å². The number of nitrogens with two attached hydrogens (primary N) is 1. The Kier molecular flexibility index (Phi) is 4.50. The summed E-state index contributed by atoms with van der Waals surface area (Å²) in [6.07, 6.45) is 1.85. The summed E-state index contributed by atoms with van der Waals surface area (Å²) in [5, 5.41) is 0. The van der Waals surface area contributed by atoms with Crippen LogP contribution in [-0.2, 0) is 0 Å². The van der Waals surface area contributed by atoms with Gasteiger partial charge >= 0.3 is 0 Å². The molecule has 3 nitrogen and oxygen atoms in total. The summed E-state index contributed by atoms with van der Waals surface area (Å²) in [5.41, 5.74) is 7.99. The van der Waals surface area contributed by atoms with Crippen LogP contribution < -0.4 is 10.6 Å². The third-order valence-electron chi connectivity index (χ3n) is 2.46. The maximum Gasteiger partial charge on any atom is 0.128 e. The molecule has 0 fully saturated rings. The quantitative estimate of drug-likeness (QED) is 0.774. The van der Waals surface area contributed by atoms with Crippen molar-refractivity contribution in [2.75, 3.05) is 18.0 Å². The van der Waals surface area contributed by atoms with Crippen LogP contribution in [0.25, 0.3) is 0 Å². The van der Waals surface area contributed by atoms with Crippen molar-refractivity contribution in [1.82, 2.24) is 4.98 Å².